The molecule has 6 heteroatoms. The lowest BCUT2D eigenvalue weighted by molar-refractivity contribution is 0.0988. The van der Waals surface area contributed by atoms with E-state index in [0.717, 1.165) is 29.7 Å². The molecule has 1 aliphatic carbocycles. The first-order valence-corrected chi connectivity index (χ1v) is 10.3. The van der Waals surface area contributed by atoms with E-state index >= 15 is 0 Å². The summed E-state index contributed by atoms with van der Waals surface area (Å²) in [4.78, 5) is 14.9. The van der Waals surface area contributed by atoms with Crippen molar-refractivity contribution in [2.75, 3.05) is 11.4 Å². The Labute approximate surface area is 155 Å². The van der Waals surface area contributed by atoms with Crippen molar-refractivity contribution in [1.29, 1.82) is 0 Å². The highest BCUT2D eigenvalue weighted by molar-refractivity contribution is 7.89. The summed E-state index contributed by atoms with van der Waals surface area (Å²) in [5, 5.41) is 0. The van der Waals surface area contributed by atoms with Gasteiger partial charge in [0.05, 0.1) is 4.90 Å². The first-order chi connectivity index (χ1) is 12.3. The van der Waals surface area contributed by atoms with Crippen LogP contribution in [-0.2, 0) is 10.0 Å². The van der Waals surface area contributed by atoms with Crippen molar-refractivity contribution in [1.82, 2.24) is 4.72 Å². The molecule has 0 radical (unpaired) electrons. The summed E-state index contributed by atoms with van der Waals surface area (Å²) >= 11 is 0. The number of rotatable bonds is 6. The fourth-order valence-corrected chi connectivity index (χ4v) is 4.22. The third-order valence-corrected chi connectivity index (χ3v) is 6.03. The maximum atomic E-state index is 13.1. The van der Waals surface area contributed by atoms with Gasteiger partial charge in [0, 0.05) is 23.8 Å². The number of hydrogen-bond donors (Lipinski definition) is 1. The number of anilines is 1. The minimum atomic E-state index is -3.59. The van der Waals surface area contributed by atoms with Gasteiger partial charge in [-0.1, -0.05) is 18.2 Å². The van der Waals surface area contributed by atoms with Crippen molar-refractivity contribution in [3.05, 3.63) is 59.2 Å². The van der Waals surface area contributed by atoms with Crippen molar-refractivity contribution in [2.45, 2.75) is 44.6 Å². The minimum absolute atomic E-state index is 0.0291. The molecule has 0 spiro atoms. The predicted octanol–water partition coefficient (Wildman–Crippen LogP) is 3.41. The minimum Gasteiger partial charge on any atom is -0.308 e. The van der Waals surface area contributed by atoms with Crippen molar-refractivity contribution in [2.24, 2.45) is 0 Å². The molecule has 26 heavy (non-hydrogen) atoms. The SMILES string of the molecule is CCN(C(=O)c1cccc(S(=O)(=O)NC2CC2)c1)c1cc(C)ccc1C. The fraction of sp³-hybridized carbons (Fsp3) is 0.350. The van der Waals surface area contributed by atoms with Crippen LogP contribution in [0, 0.1) is 13.8 Å². The molecule has 3 rings (SSSR count). The van der Waals surface area contributed by atoms with Crippen LogP contribution in [0.2, 0.25) is 0 Å². The average Bonchev–Trinajstić information content (AvgIpc) is 3.42. The summed E-state index contributed by atoms with van der Waals surface area (Å²) in [6.07, 6.45) is 1.74. The molecule has 1 amide bonds. The van der Waals surface area contributed by atoms with Crippen molar-refractivity contribution in [3.63, 3.8) is 0 Å². The second-order valence-electron chi connectivity index (χ2n) is 6.76. The van der Waals surface area contributed by atoms with E-state index in [1.54, 1.807) is 17.0 Å². The maximum Gasteiger partial charge on any atom is 0.258 e. The quantitative estimate of drug-likeness (QED) is 0.845. The molecule has 1 aliphatic rings. The molecule has 0 aromatic heterocycles. The van der Waals surface area contributed by atoms with Gasteiger partial charge in [0.15, 0.2) is 0 Å². The molecule has 1 N–H and O–H groups in total. The summed E-state index contributed by atoms with van der Waals surface area (Å²) in [7, 11) is -3.59. The van der Waals surface area contributed by atoms with Crippen molar-refractivity contribution >= 4 is 21.6 Å². The largest absolute Gasteiger partial charge is 0.308 e. The Bertz CT molecular complexity index is 934. The lowest BCUT2D eigenvalue weighted by Crippen LogP contribution is -2.32. The Morgan fingerprint density at radius 3 is 2.54 bits per heavy atom. The lowest BCUT2D eigenvalue weighted by Gasteiger charge is -2.24. The van der Waals surface area contributed by atoms with Crippen LogP contribution in [0.5, 0.6) is 0 Å². The molecule has 5 nitrogen and oxygen atoms in total. The van der Waals surface area contributed by atoms with Crippen LogP contribution in [0.15, 0.2) is 47.4 Å². The maximum absolute atomic E-state index is 13.1. The molecule has 2 aromatic rings. The van der Waals surface area contributed by atoms with Crippen molar-refractivity contribution < 1.29 is 13.2 Å². The number of carbonyl (C=O) groups is 1. The number of carbonyl (C=O) groups excluding carboxylic acids is 1. The van der Waals surface area contributed by atoms with Gasteiger partial charge in [-0.2, -0.15) is 0 Å². The van der Waals surface area contributed by atoms with E-state index in [2.05, 4.69) is 4.72 Å². The number of hydrogen-bond acceptors (Lipinski definition) is 3. The number of benzene rings is 2. The molecule has 1 fully saturated rings. The van der Waals surface area contributed by atoms with Crippen LogP contribution < -0.4 is 9.62 Å². The van der Waals surface area contributed by atoms with Crippen LogP contribution in [0.4, 0.5) is 5.69 Å². The fourth-order valence-electron chi connectivity index (χ4n) is 2.87. The number of amides is 1. The van der Waals surface area contributed by atoms with Gasteiger partial charge >= 0.3 is 0 Å². The molecule has 0 unspecified atom stereocenters. The molecule has 0 atom stereocenters. The highest BCUT2D eigenvalue weighted by Crippen LogP contribution is 2.25. The normalized spacial score (nSPS) is 14.3. The van der Waals surface area contributed by atoms with E-state index in [1.807, 2.05) is 39.0 Å². The smallest absolute Gasteiger partial charge is 0.258 e. The third-order valence-electron chi connectivity index (χ3n) is 4.51. The first-order valence-electron chi connectivity index (χ1n) is 8.83. The molecule has 2 aromatic carbocycles. The average molecular weight is 372 g/mol. The zero-order valence-corrected chi connectivity index (χ0v) is 16.1. The Morgan fingerprint density at radius 2 is 1.88 bits per heavy atom. The topological polar surface area (TPSA) is 66.5 Å². The molecule has 0 bridgehead atoms. The van der Waals surface area contributed by atoms with E-state index in [0.29, 0.717) is 12.1 Å². The Morgan fingerprint density at radius 1 is 1.15 bits per heavy atom. The second kappa shape index (κ2) is 7.21. The van der Waals surface area contributed by atoms with Crippen molar-refractivity contribution in [3.8, 4) is 0 Å². The molecule has 0 heterocycles. The summed E-state index contributed by atoms with van der Waals surface area (Å²) < 4.78 is 27.5. The molecule has 0 saturated heterocycles. The second-order valence-corrected chi connectivity index (χ2v) is 8.48. The lowest BCUT2D eigenvalue weighted by atomic mass is 10.1. The Kier molecular flexibility index (Phi) is 5.16. The monoisotopic (exact) mass is 372 g/mol. The van der Waals surface area contributed by atoms with Gasteiger partial charge in [-0.25, -0.2) is 13.1 Å². The number of sulfonamides is 1. The van der Waals surface area contributed by atoms with Gasteiger partial charge in [-0.15, -0.1) is 0 Å². The predicted molar refractivity (Wildman–Crippen MR) is 103 cm³/mol. The van der Waals surface area contributed by atoms with Crippen LogP contribution in [0.1, 0.15) is 41.3 Å². The van der Waals surface area contributed by atoms with Crippen LogP contribution >= 0.6 is 0 Å². The summed E-state index contributed by atoms with van der Waals surface area (Å²) in [5.74, 6) is -0.204. The highest BCUT2D eigenvalue weighted by Gasteiger charge is 2.28. The van der Waals surface area contributed by atoms with Gasteiger partial charge in [0.25, 0.3) is 5.91 Å². The Hall–Kier alpha value is -2.18. The standard InChI is InChI=1S/C20H24N2O3S/c1-4-22(19-12-14(2)8-9-15(19)3)20(23)16-6-5-7-18(13-16)26(24,25)21-17-10-11-17/h5-9,12-13,17,21H,4,10-11H2,1-3H3. The van der Waals surface area contributed by atoms with Crippen LogP contribution in [0.3, 0.4) is 0 Å². The summed E-state index contributed by atoms with van der Waals surface area (Å²) in [6.45, 7) is 6.36. The first kappa shape index (κ1) is 18.6. The van der Waals surface area contributed by atoms with Crippen LogP contribution in [-0.4, -0.2) is 26.9 Å². The number of aryl methyl sites for hydroxylation is 2. The van der Waals surface area contributed by atoms with Gasteiger partial charge in [-0.05, 0) is 69.0 Å². The molecule has 138 valence electrons. The number of nitrogens with one attached hydrogen (secondary N) is 1. The molecule has 0 aliphatic heterocycles. The highest BCUT2D eigenvalue weighted by atomic mass is 32.2. The zero-order chi connectivity index (χ0) is 18.9. The van der Waals surface area contributed by atoms with Gasteiger partial charge in [-0.3, -0.25) is 4.79 Å². The van der Waals surface area contributed by atoms with E-state index in [1.165, 1.54) is 12.1 Å². The summed E-state index contributed by atoms with van der Waals surface area (Å²) in [6, 6.07) is 12.3. The molecular formula is C20H24N2O3S. The van der Waals surface area contributed by atoms with E-state index in [-0.39, 0.29) is 16.8 Å². The summed E-state index contributed by atoms with van der Waals surface area (Å²) in [5.41, 5.74) is 3.29. The third kappa shape index (κ3) is 3.97. The van der Waals surface area contributed by atoms with Gasteiger partial charge in [0.1, 0.15) is 0 Å². The van der Waals surface area contributed by atoms with Gasteiger partial charge < -0.3 is 4.90 Å². The number of nitrogens with zero attached hydrogens (tertiary/aromatic N) is 1. The molecular weight excluding hydrogens is 348 g/mol. The van der Waals surface area contributed by atoms with E-state index in [9.17, 15) is 13.2 Å². The van der Waals surface area contributed by atoms with Gasteiger partial charge in [0.2, 0.25) is 10.0 Å². The Balaban J connectivity index is 1.93. The van der Waals surface area contributed by atoms with Crippen LogP contribution in [0.25, 0.3) is 0 Å². The van der Waals surface area contributed by atoms with E-state index in [4.69, 9.17) is 0 Å². The van der Waals surface area contributed by atoms with E-state index < -0.39 is 10.0 Å². The molecule has 1 saturated carbocycles. The zero-order valence-electron chi connectivity index (χ0n) is 15.3.